The lowest BCUT2D eigenvalue weighted by Gasteiger charge is -2.09. The molecule has 0 saturated carbocycles. The zero-order chi connectivity index (χ0) is 12.4. The van der Waals surface area contributed by atoms with Crippen LogP contribution in [0.15, 0.2) is 49.1 Å². The second-order valence-electron chi connectivity index (χ2n) is 4.39. The van der Waals surface area contributed by atoms with Crippen LogP contribution in [0.1, 0.15) is 17.2 Å². The Morgan fingerprint density at radius 2 is 2.11 bits per heavy atom. The third kappa shape index (κ3) is 1.99. The molecule has 18 heavy (non-hydrogen) atoms. The smallest absolute Gasteiger partial charge is 0.0620 e. The van der Waals surface area contributed by atoms with Gasteiger partial charge in [0.1, 0.15) is 0 Å². The molecule has 1 unspecified atom stereocenters. The van der Waals surface area contributed by atoms with Gasteiger partial charge in [-0.05, 0) is 25.0 Å². The Hall–Kier alpha value is -2.16. The number of hydrogen-bond donors (Lipinski definition) is 1. The van der Waals surface area contributed by atoms with E-state index in [1.54, 1.807) is 18.6 Å². The van der Waals surface area contributed by atoms with Gasteiger partial charge in [0, 0.05) is 41.6 Å². The summed E-state index contributed by atoms with van der Waals surface area (Å²) in [5.74, 6) is 0.123. The Morgan fingerprint density at radius 3 is 2.94 bits per heavy atom. The number of H-pyrrole nitrogens is 1. The quantitative estimate of drug-likeness (QED) is 0.759. The van der Waals surface area contributed by atoms with Crippen molar-refractivity contribution in [3.8, 4) is 0 Å². The van der Waals surface area contributed by atoms with E-state index < -0.39 is 0 Å². The number of aromatic nitrogens is 3. The summed E-state index contributed by atoms with van der Waals surface area (Å²) < 4.78 is 0. The summed E-state index contributed by atoms with van der Waals surface area (Å²) in [4.78, 5) is 11.7. The van der Waals surface area contributed by atoms with Crippen LogP contribution < -0.4 is 0 Å². The van der Waals surface area contributed by atoms with E-state index in [2.05, 4.69) is 46.3 Å². The van der Waals surface area contributed by atoms with E-state index in [1.807, 2.05) is 6.07 Å². The van der Waals surface area contributed by atoms with E-state index in [-0.39, 0.29) is 5.92 Å². The van der Waals surface area contributed by atoms with Gasteiger partial charge in [0.2, 0.25) is 0 Å². The van der Waals surface area contributed by atoms with Crippen LogP contribution >= 0.6 is 0 Å². The highest BCUT2D eigenvalue weighted by molar-refractivity contribution is 5.83. The molecule has 0 fully saturated rings. The summed E-state index contributed by atoms with van der Waals surface area (Å²) in [6.07, 6.45) is 8.10. The first kappa shape index (κ1) is 11.0. The van der Waals surface area contributed by atoms with E-state index in [0.29, 0.717) is 0 Å². The van der Waals surface area contributed by atoms with Gasteiger partial charge in [-0.3, -0.25) is 9.97 Å². The lowest BCUT2D eigenvalue weighted by atomic mass is 9.98. The van der Waals surface area contributed by atoms with Crippen LogP contribution in [0.5, 0.6) is 0 Å². The standard InChI is InChI=1S/C15H14N3/c1-11(15-10-16-6-7-17-15)8-12-9-18-14-5-3-2-4-13(12)14/h2-7,9-11,18H,1,8H2. The van der Waals surface area contributed by atoms with Gasteiger partial charge in [0.15, 0.2) is 0 Å². The first-order valence-corrected chi connectivity index (χ1v) is 5.98. The highest BCUT2D eigenvalue weighted by Crippen LogP contribution is 2.23. The van der Waals surface area contributed by atoms with Crippen LogP contribution in [-0.2, 0) is 6.42 Å². The summed E-state index contributed by atoms with van der Waals surface area (Å²) in [7, 11) is 0. The van der Waals surface area contributed by atoms with Crippen molar-refractivity contribution in [2.75, 3.05) is 0 Å². The number of nitrogens with zero attached hydrogens (tertiary/aromatic N) is 2. The monoisotopic (exact) mass is 236 g/mol. The predicted octanol–water partition coefficient (Wildman–Crippen LogP) is 3.12. The van der Waals surface area contributed by atoms with Crippen molar-refractivity contribution in [3.05, 3.63) is 67.2 Å². The molecule has 0 spiro atoms. The minimum Gasteiger partial charge on any atom is -0.361 e. The van der Waals surface area contributed by atoms with Crippen LogP contribution in [0.3, 0.4) is 0 Å². The maximum absolute atomic E-state index is 4.30. The molecule has 89 valence electrons. The average molecular weight is 236 g/mol. The Labute approximate surface area is 106 Å². The Bertz CT molecular complexity index is 643. The van der Waals surface area contributed by atoms with Crippen LogP contribution in [0.25, 0.3) is 10.9 Å². The SMILES string of the molecule is [CH2]C(Cc1c[nH]c2ccccc12)c1cnccn1. The fourth-order valence-electron chi connectivity index (χ4n) is 2.19. The van der Waals surface area contributed by atoms with Crippen molar-refractivity contribution in [1.82, 2.24) is 15.0 Å². The second kappa shape index (κ2) is 4.61. The molecule has 3 heteroatoms. The Balaban J connectivity index is 1.89. The second-order valence-corrected chi connectivity index (χ2v) is 4.39. The van der Waals surface area contributed by atoms with Gasteiger partial charge in [0.05, 0.1) is 5.69 Å². The van der Waals surface area contributed by atoms with Crippen molar-refractivity contribution in [2.45, 2.75) is 12.3 Å². The molecule has 0 aliphatic heterocycles. The van der Waals surface area contributed by atoms with E-state index in [1.165, 1.54) is 16.5 Å². The number of rotatable bonds is 3. The summed E-state index contributed by atoms with van der Waals surface area (Å²) in [5, 5.41) is 1.26. The molecule has 0 amide bonds. The van der Waals surface area contributed by atoms with Gasteiger partial charge in [-0.1, -0.05) is 18.2 Å². The molecule has 2 aromatic heterocycles. The highest BCUT2D eigenvalue weighted by Gasteiger charge is 2.11. The highest BCUT2D eigenvalue weighted by atomic mass is 14.8. The lowest BCUT2D eigenvalue weighted by molar-refractivity contribution is 0.793. The molecule has 2 heterocycles. The van der Waals surface area contributed by atoms with Gasteiger partial charge in [-0.25, -0.2) is 0 Å². The molecule has 3 rings (SSSR count). The molecule has 1 radical (unpaired) electrons. The number of hydrogen-bond acceptors (Lipinski definition) is 2. The van der Waals surface area contributed by atoms with E-state index in [0.717, 1.165) is 12.1 Å². The lowest BCUT2D eigenvalue weighted by Crippen LogP contribution is -2.01. The molecule has 0 bridgehead atoms. The fraction of sp³-hybridized carbons (Fsp3) is 0.133. The van der Waals surface area contributed by atoms with E-state index in [9.17, 15) is 0 Å². The van der Waals surface area contributed by atoms with Gasteiger partial charge in [0.25, 0.3) is 0 Å². The van der Waals surface area contributed by atoms with Crippen LogP contribution in [0.2, 0.25) is 0 Å². The average Bonchev–Trinajstić information content (AvgIpc) is 2.83. The molecular formula is C15H14N3. The Kier molecular flexibility index (Phi) is 2.81. The fourth-order valence-corrected chi connectivity index (χ4v) is 2.19. The number of nitrogens with one attached hydrogen (secondary N) is 1. The first-order chi connectivity index (χ1) is 8.84. The minimum absolute atomic E-state index is 0.123. The van der Waals surface area contributed by atoms with Crippen molar-refractivity contribution in [2.24, 2.45) is 0 Å². The number of aromatic amines is 1. The zero-order valence-corrected chi connectivity index (χ0v) is 10.0. The molecule has 0 saturated heterocycles. The summed E-state index contributed by atoms with van der Waals surface area (Å²) in [6.45, 7) is 4.17. The molecule has 0 aliphatic rings. The largest absolute Gasteiger partial charge is 0.361 e. The van der Waals surface area contributed by atoms with E-state index in [4.69, 9.17) is 0 Å². The van der Waals surface area contributed by atoms with Crippen molar-refractivity contribution in [3.63, 3.8) is 0 Å². The zero-order valence-electron chi connectivity index (χ0n) is 10.0. The van der Waals surface area contributed by atoms with Crippen molar-refractivity contribution >= 4 is 10.9 Å². The van der Waals surface area contributed by atoms with E-state index >= 15 is 0 Å². The number of fused-ring (bicyclic) bond motifs is 1. The number of benzene rings is 1. The first-order valence-electron chi connectivity index (χ1n) is 5.98. The molecule has 3 aromatic rings. The van der Waals surface area contributed by atoms with Crippen LogP contribution in [-0.4, -0.2) is 15.0 Å². The third-order valence-electron chi connectivity index (χ3n) is 3.14. The molecule has 1 N–H and O–H groups in total. The minimum atomic E-state index is 0.123. The molecule has 3 nitrogen and oxygen atoms in total. The van der Waals surface area contributed by atoms with Crippen LogP contribution in [0.4, 0.5) is 0 Å². The van der Waals surface area contributed by atoms with Crippen molar-refractivity contribution < 1.29 is 0 Å². The molecule has 0 aliphatic carbocycles. The summed E-state index contributed by atoms with van der Waals surface area (Å²) >= 11 is 0. The van der Waals surface area contributed by atoms with Gasteiger partial charge < -0.3 is 4.98 Å². The molecular weight excluding hydrogens is 222 g/mol. The van der Waals surface area contributed by atoms with Crippen molar-refractivity contribution in [1.29, 1.82) is 0 Å². The normalized spacial score (nSPS) is 12.7. The maximum Gasteiger partial charge on any atom is 0.0620 e. The predicted molar refractivity (Wildman–Crippen MR) is 72.1 cm³/mol. The van der Waals surface area contributed by atoms with Gasteiger partial charge >= 0.3 is 0 Å². The van der Waals surface area contributed by atoms with Gasteiger partial charge in [-0.15, -0.1) is 0 Å². The topological polar surface area (TPSA) is 41.6 Å². The maximum atomic E-state index is 4.30. The van der Waals surface area contributed by atoms with Gasteiger partial charge in [-0.2, -0.15) is 0 Å². The molecule has 1 aromatic carbocycles. The third-order valence-corrected chi connectivity index (χ3v) is 3.14. The Morgan fingerprint density at radius 1 is 1.22 bits per heavy atom. The summed E-state index contributed by atoms with van der Waals surface area (Å²) in [5.41, 5.74) is 3.37. The molecule has 1 atom stereocenters. The number of para-hydroxylation sites is 1. The van der Waals surface area contributed by atoms with Crippen LogP contribution in [0, 0.1) is 6.92 Å². The summed E-state index contributed by atoms with van der Waals surface area (Å²) in [6, 6.07) is 8.30.